The van der Waals surface area contributed by atoms with Crippen LogP contribution in [-0.4, -0.2) is 17.7 Å². The average Bonchev–Trinajstić information content (AvgIpc) is 2.98. The van der Waals surface area contributed by atoms with Gasteiger partial charge in [-0.25, -0.2) is 13.8 Å². The summed E-state index contributed by atoms with van der Waals surface area (Å²) >= 11 is 0. The zero-order valence-corrected chi connectivity index (χ0v) is 12.4. The molecule has 1 aromatic carbocycles. The number of hydrogen-bond donors (Lipinski definition) is 2. The fraction of sp³-hybridized carbons (Fsp3) is 0.333. The monoisotopic (exact) mass is 308 g/mol. The summed E-state index contributed by atoms with van der Waals surface area (Å²) in [5, 5.41) is 9.91. The summed E-state index contributed by atoms with van der Waals surface area (Å²) in [6.07, 6.45) is 1.47. The van der Waals surface area contributed by atoms with Crippen molar-refractivity contribution in [3.05, 3.63) is 53.4 Å². The lowest BCUT2D eigenvalue weighted by molar-refractivity contribution is 0.412. The molecule has 2 aromatic rings. The Balaban J connectivity index is 2.07. The van der Waals surface area contributed by atoms with Gasteiger partial charge in [-0.2, -0.15) is 0 Å². The Morgan fingerprint density at radius 3 is 2.82 bits per heavy atom. The topological polar surface area (TPSA) is 62.5 Å². The number of nitrogens with one attached hydrogen (secondary N) is 2. The first kappa shape index (κ1) is 15.9. The molecule has 1 atom stereocenters. The van der Waals surface area contributed by atoms with Crippen LogP contribution in [0.25, 0.3) is 0 Å². The highest BCUT2D eigenvalue weighted by Crippen LogP contribution is 2.17. The van der Waals surface area contributed by atoms with Gasteiger partial charge >= 0.3 is 0 Å². The summed E-state index contributed by atoms with van der Waals surface area (Å²) in [4.78, 5) is 4.34. The van der Waals surface area contributed by atoms with Gasteiger partial charge < -0.3 is 15.2 Å². The third-order valence-corrected chi connectivity index (χ3v) is 3.02. The SMILES string of the molecule is CCNC(=NCc1ccon1)NC(C)c1ccc(F)cc1F. The van der Waals surface area contributed by atoms with E-state index in [1.165, 1.54) is 18.4 Å². The third-order valence-electron chi connectivity index (χ3n) is 3.02. The van der Waals surface area contributed by atoms with Gasteiger partial charge in [0.2, 0.25) is 0 Å². The van der Waals surface area contributed by atoms with Gasteiger partial charge in [0, 0.05) is 24.2 Å². The molecule has 0 bridgehead atoms. The molecule has 1 heterocycles. The van der Waals surface area contributed by atoms with E-state index < -0.39 is 11.6 Å². The summed E-state index contributed by atoms with van der Waals surface area (Å²) < 4.78 is 31.5. The molecule has 0 aliphatic heterocycles. The lowest BCUT2D eigenvalue weighted by atomic mass is 10.1. The number of rotatable bonds is 5. The van der Waals surface area contributed by atoms with Gasteiger partial charge in [0.15, 0.2) is 5.96 Å². The molecule has 0 amide bonds. The Hall–Kier alpha value is -2.44. The molecular weight excluding hydrogens is 290 g/mol. The van der Waals surface area contributed by atoms with Crippen molar-refractivity contribution in [1.82, 2.24) is 15.8 Å². The van der Waals surface area contributed by atoms with Gasteiger partial charge in [0.1, 0.15) is 23.6 Å². The highest BCUT2D eigenvalue weighted by Gasteiger charge is 2.13. The van der Waals surface area contributed by atoms with Crippen LogP contribution in [0.5, 0.6) is 0 Å². The molecule has 0 radical (unpaired) electrons. The minimum atomic E-state index is -0.597. The van der Waals surface area contributed by atoms with Crippen LogP contribution in [0.1, 0.15) is 31.1 Å². The molecule has 5 nitrogen and oxygen atoms in total. The van der Waals surface area contributed by atoms with E-state index in [-0.39, 0.29) is 6.04 Å². The van der Waals surface area contributed by atoms with Crippen LogP contribution in [0.2, 0.25) is 0 Å². The number of halogens is 2. The molecule has 0 aliphatic rings. The number of hydrogen-bond acceptors (Lipinski definition) is 3. The van der Waals surface area contributed by atoms with Crippen LogP contribution >= 0.6 is 0 Å². The van der Waals surface area contributed by atoms with E-state index in [2.05, 4.69) is 20.8 Å². The van der Waals surface area contributed by atoms with Crippen LogP contribution in [0, 0.1) is 11.6 Å². The van der Waals surface area contributed by atoms with E-state index in [0.717, 1.165) is 6.07 Å². The molecular formula is C15H18F2N4O. The molecule has 0 spiro atoms. The highest BCUT2D eigenvalue weighted by atomic mass is 19.1. The van der Waals surface area contributed by atoms with E-state index >= 15 is 0 Å². The van der Waals surface area contributed by atoms with Crippen LogP contribution in [0.3, 0.4) is 0 Å². The van der Waals surface area contributed by atoms with Crippen molar-refractivity contribution in [2.75, 3.05) is 6.54 Å². The van der Waals surface area contributed by atoms with Gasteiger partial charge in [-0.15, -0.1) is 0 Å². The van der Waals surface area contributed by atoms with E-state index in [1.807, 2.05) is 6.92 Å². The average molecular weight is 308 g/mol. The van der Waals surface area contributed by atoms with Crippen LogP contribution in [0.15, 0.2) is 40.0 Å². The predicted octanol–water partition coefficient (Wildman–Crippen LogP) is 2.77. The van der Waals surface area contributed by atoms with Gasteiger partial charge in [0.25, 0.3) is 0 Å². The Bertz CT molecular complexity index is 628. The number of nitrogens with zero attached hydrogens (tertiary/aromatic N) is 2. The molecule has 0 saturated heterocycles. The van der Waals surface area contributed by atoms with Crippen LogP contribution in [0.4, 0.5) is 8.78 Å². The number of guanidine groups is 1. The molecule has 1 aromatic heterocycles. The zero-order valence-electron chi connectivity index (χ0n) is 12.4. The Kier molecular flexibility index (Phi) is 5.46. The number of aliphatic imine (C=N–C) groups is 1. The van der Waals surface area contributed by atoms with Crippen molar-refractivity contribution >= 4 is 5.96 Å². The molecule has 2 rings (SSSR count). The van der Waals surface area contributed by atoms with Crippen molar-refractivity contribution in [1.29, 1.82) is 0 Å². The largest absolute Gasteiger partial charge is 0.364 e. The van der Waals surface area contributed by atoms with E-state index in [0.29, 0.717) is 30.3 Å². The molecule has 0 aliphatic carbocycles. The summed E-state index contributed by atoms with van der Waals surface area (Å²) in [6.45, 7) is 4.70. The zero-order chi connectivity index (χ0) is 15.9. The molecule has 7 heteroatoms. The second-order valence-electron chi connectivity index (χ2n) is 4.72. The van der Waals surface area contributed by atoms with Crippen LogP contribution < -0.4 is 10.6 Å². The van der Waals surface area contributed by atoms with E-state index in [4.69, 9.17) is 4.52 Å². The molecule has 2 N–H and O–H groups in total. The normalized spacial score (nSPS) is 13.0. The maximum absolute atomic E-state index is 13.8. The molecule has 22 heavy (non-hydrogen) atoms. The Morgan fingerprint density at radius 2 is 2.18 bits per heavy atom. The van der Waals surface area contributed by atoms with Crippen molar-refractivity contribution in [3.63, 3.8) is 0 Å². The fourth-order valence-electron chi connectivity index (χ4n) is 1.93. The van der Waals surface area contributed by atoms with E-state index in [9.17, 15) is 8.78 Å². The van der Waals surface area contributed by atoms with Gasteiger partial charge in [-0.3, -0.25) is 0 Å². The van der Waals surface area contributed by atoms with Crippen LogP contribution in [-0.2, 0) is 6.54 Å². The predicted molar refractivity (Wildman–Crippen MR) is 79.2 cm³/mol. The minimum absolute atomic E-state index is 0.338. The molecule has 0 saturated carbocycles. The lowest BCUT2D eigenvalue weighted by Crippen LogP contribution is -2.39. The third kappa shape index (κ3) is 4.28. The first-order chi connectivity index (χ1) is 10.6. The van der Waals surface area contributed by atoms with Crippen molar-refractivity contribution in [3.8, 4) is 0 Å². The smallest absolute Gasteiger partial charge is 0.192 e. The van der Waals surface area contributed by atoms with Gasteiger partial charge in [-0.1, -0.05) is 11.2 Å². The molecule has 118 valence electrons. The molecule has 0 fully saturated rings. The van der Waals surface area contributed by atoms with E-state index in [1.54, 1.807) is 13.0 Å². The number of benzene rings is 1. The summed E-state index contributed by atoms with van der Waals surface area (Å²) in [6, 6.07) is 4.87. The lowest BCUT2D eigenvalue weighted by Gasteiger charge is -2.18. The first-order valence-corrected chi connectivity index (χ1v) is 6.99. The summed E-state index contributed by atoms with van der Waals surface area (Å²) in [7, 11) is 0. The summed E-state index contributed by atoms with van der Waals surface area (Å²) in [5.74, 6) is -0.672. The van der Waals surface area contributed by atoms with Gasteiger partial charge in [0.05, 0.1) is 12.6 Å². The van der Waals surface area contributed by atoms with Crippen molar-refractivity contribution in [2.24, 2.45) is 4.99 Å². The van der Waals surface area contributed by atoms with Crippen molar-refractivity contribution < 1.29 is 13.3 Å². The maximum atomic E-state index is 13.8. The standard InChI is InChI=1S/C15H18F2N4O/c1-3-18-15(19-9-12-6-7-22-21-12)20-10(2)13-5-4-11(16)8-14(13)17/h4-8,10H,3,9H2,1-2H3,(H2,18,19,20). The second kappa shape index (κ2) is 7.53. The maximum Gasteiger partial charge on any atom is 0.192 e. The van der Waals surface area contributed by atoms with Crippen molar-refractivity contribution in [2.45, 2.75) is 26.4 Å². The second-order valence-corrected chi connectivity index (χ2v) is 4.72. The number of aromatic nitrogens is 1. The first-order valence-electron chi connectivity index (χ1n) is 6.99. The minimum Gasteiger partial charge on any atom is -0.364 e. The fourth-order valence-corrected chi connectivity index (χ4v) is 1.93. The Labute approximate surface area is 127 Å². The quantitative estimate of drug-likeness (QED) is 0.658. The highest BCUT2D eigenvalue weighted by molar-refractivity contribution is 5.80. The summed E-state index contributed by atoms with van der Waals surface area (Å²) in [5.41, 5.74) is 1.06. The Morgan fingerprint density at radius 1 is 1.36 bits per heavy atom. The molecule has 1 unspecified atom stereocenters. The van der Waals surface area contributed by atoms with Gasteiger partial charge in [-0.05, 0) is 19.9 Å².